The summed E-state index contributed by atoms with van der Waals surface area (Å²) in [5.41, 5.74) is 7.03. The van der Waals surface area contributed by atoms with Crippen molar-refractivity contribution in [1.29, 1.82) is 0 Å². The molecule has 2 heterocycles. The van der Waals surface area contributed by atoms with E-state index < -0.39 is 0 Å². The Labute approximate surface area is 90.6 Å². The molecule has 2 rings (SSSR count). The fraction of sp³-hybridized carbons (Fsp3) is 0.636. The lowest BCUT2D eigenvalue weighted by Crippen LogP contribution is -2.47. The summed E-state index contributed by atoms with van der Waals surface area (Å²) in [6, 6.07) is 2.33. The van der Waals surface area contributed by atoms with Gasteiger partial charge in [-0.1, -0.05) is 0 Å². The average Bonchev–Trinajstić information content (AvgIpc) is 2.75. The number of nitrogens with zero attached hydrogens (tertiary/aromatic N) is 2. The Balaban J connectivity index is 2.01. The molecule has 0 aromatic carbocycles. The zero-order valence-corrected chi connectivity index (χ0v) is 9.22. The minimum atomic E-state index is 0.317. The SMILES string of the molecule is CN1CCN(C(CN)c2ccoc2)CC1. The molecule has 1 atom stereocenters. The lowest BCUT2D eigenvalue weighted by Gasteiger charge is -2.37. The molecule has 15 heavy (non-hydrogen) atoms. The summed E-state index contributed by atoms with van der Waals surface area (Å²) in [4.78, 5) is 4.78. The molecule has 1 aromatic rings. The van der Waals surface area contributed by atoms with Crippen molar-refractivity contribution in [3.8, 4) is 0 Å². The highest BCUT2D eigenvalue weighted by Crippen LogP contribution is 2.21. The van der Waals surface area contributed by atoms with E-state index in [9.17, 15) is 0 Å². The Hall–Kier alpha value is -0.840. The van der Waals surface area contributed by atoms with Crippen molar-refractivity contribution in [2.24, 2.45) is 5.73 Å². The summed E-state index contributed by atoms with van der Waals surface area (Å²) < 4.78 is 5.12. The van der Waals surface area contributed by atoms with Crippen LogP contribution in [0.2, 0.25) is 0 Å². The van der Waals surface area contributed by atoms with Crippen LogP contribution >= 0.6 is 0 Å². The molecule has 4 heteroatoms. The fourth-order valence-electron chi connectivity index (χ4n) is 2.09. The second kappa shape index (κ2) is 4.79. The molecule has 0 amide bonds. The maximum atomic E-state index is 5.83. The standard InChI is InChI=1S/C11H19N3O/c1-13-3-5-14(6-4-13)11(8-12)10-2-7-15-9-10/h2,7,9,11H,3-6,8,12H2,1H3. The van der Waals surface area contributed by atoms with Crippen molar-refractivity contribution in [3.63, 3.8) is 0 Å². The van der Waals surface area contributed by atoms with Gasteiger partial charge in [-0.05, 0) is 13.1 Å². The van der Waals surface area contributed by atoms with E-state index in [1.165, 1.54) is 5.56 Å². The molecule has 4 nitrogen and oxygen atoms in total. The van der Waals surface area contributed by atoms with E-state index in [2.05, 4.69) is 16.8 Å². The van der Waals surface area contributed by atoms with E-state index in [1.807, 2.05) is 6.07 Å². The van der Waals surface area contributed by atoms with Gasteiger partial charge in [-0.25, -0.2) is 0 Å². The third-order valence-corrected chi connectivity index (χ3v) is 3.13. The van der Waals surface area contributed by atoms with Crippen LogP contribution in [0.3, 0.4) is 0 Å². The molecule has 0 radical (unpaired) electrons. The van der Waals surface area contributed by atoms with Crippen LogP contribution in [0, 0.1) is 0 Å². The lowest BCUT2D eigenvalue weighted by atomic mass is 10.1. The van der Waals surface area contributed by atoms with Gasteiger partial charge in [0, 0.05) is 38.3 Å². The van der Waals surface area contributed by atoms with Crippen LogP contribution in [0.5, 0.6) is 0 Å². The summed E-state index contributed by atoms with van der Waals surface area (Å²) >= 11 is 0. The minimum absolute atomic E-state index is 0.317. The molecule has 2 N–H and O–H groups in total. The number of hydrogen-bond donors (Lipinski definition) is 1. The molecular weight excluding hydrogens is 190 g/mol. The smallest absolute Gasteiger partial charge is 0.0950 e. The van der Waals surface area contributed by atoms with Crippen LogP contribution < -0.4 is 5.73 Å². The molecule has 84 valence electrons. The topological polar surface area (TPSA) is 45.6 Å². The van der Waals surface area contributed by atoms with Gasteiger partial charge in [0.05, 0.1) is 18.6 Å². The highest BCUT2D eigenvalue weighted by atomic mass is 16.3. The predicted octanol–water partition coefficient (Wildman–Crippen LogP) is 0.527. The molecule has 1 aromatic heterocycles. The van der Waals surface area contributed by atoms with Crippen molar-refractivity contribution in [2.45, 2.75) is 6.04 Å². The van der Waals surface area contributed by atoms with Crippen LogP contribution in [-0.4, -0.2) is 49.6 Å². The van der Waals surface area contributed by atoms with Crippen LogP contribution in [0.4, 0.5) is 0 Å². The summed E-state index contributed by atoms with van der Waals surface area (Å²) in [5, 5.41) is 0. The number of piperazine rings is 1. The van der Waals surface area contributed by atoms with Crippen molar-refractivity contribution >= 4 is 0 Å². The maximum absolute atomic E-state index is 5.83. The number of likely N-dealkylation sites (N-methyl/N-ethyl adjacent to an activating group) is 1. The molecule has 0 saturated carbocycles. The number of furan rings is 1. The minimum Gasteiger partial charge on any atom is -0.472 e. The predicted molar refractivity (Wildman–Crippen MR) is 59.6 cm³/mol. The molecule has 1 saturated heterocycles. The van der Waals surface area contributed by atoms with Crippen LogP contribution in [0.25, 0.3) is 0 Å². The maximum Gasteiger partial charge on any atom is 0.0950 e. The van der Waals surface area contributed by atoms with E-state index in [0.29, 0.717) is 12.6 Å². The van der Waals surface area contributed by atoms with Gasteiger partial charge in [0.25, 0.3) is 0 Å². The van der Waals surface area contributed by atoms with Gasteiger partial charge in [0.2, 0.25) is 0 Å². The number of nitrogens with two attached hydrogens (primary N) is 1. The molecule has 1 aliphatic rings. The van der Waals surface area contributed by atoms with Gasteiger partial charge in [-0.2, -0.15) is 0 Å². The highest BCUT2D eigenvalue weighted by Gasteiger charge is 2.23. The summed E-state index contributed by atoms with van der Waals surface area (Å²) in [7, 11) is 2.16. The normalized spacial score (nSPS) is 21.7. The first kappa shape index (κ1) is 10.7. The van der Waals surface area contributed by atoms with Gasteiger partial charge < -0.3 is 15.1 Å². The Kier molecular flexibility index (Phi) is 3.41. The summed E-state index contributed by atoms with van der Waals surface area (Å²) in [5.74, 6) is 0. The molecule has 0 spiro atoms. The van der Waals surface area contributed by atoms with Crippen LogP contribution in [-0.2, 0) is 0 Å². The van der Waals surface area contributed by atoms with Gasteiger partial charge in [-0.15, -0.1) is 0 Å². The fourth-order valence-corrected chi connectivity index (χ4v) is 2.09. The number of rotatable bonds is 3. The quantitative estimate of drug-likeness (QED) is 0.788. The van der Waals surface area contributed by atoms with E-state index in [1.54, 1.807) is 12.5 Å². The van der Waals surface area contributed by atoms with Crippen LogP contribution in [0.1, 0.15) is 11.6 Å². The van der Waals surface area contributed by atoms with Gasteiger partial charge in [-0.3, -0.25) is 4.90 Å². The van der Waals surface area contributed by atoms with Crippen molar-refractivity contribution in [1.82, 2.24) is 9.80 Å². The first-order chi connectivity index (χ1) is 7.31. The molecular formula is C11H19N3O. The van der Waals surface area contributed by atoms with Crippen LogP contribution in [0.15, 0.2) is 23.0 Å². The Morgan fingerprint density at radius 1 is 1.40 bits per heavy atom. The van der Waals surface area contributed by atoms with Gasteiger partial charge in [0.15, 0.2) is 0 Å². The largest absolute Gasteiger partial charge is 0.472 e. The summed E-state index contributed by atoms with van der Waals surface area (Å²) in [6.07, 6.45) is 3.52. The lowest BCUT2D eigenvalue weighted by molar-refractivity contribution is 0.114. The average molecular weight is 209 g/mol. The molecule has 1 fully saturated rings. The van der Waals surface area contributed by atoms with Crippen molar-refractivity contribution < 1.29 is 4.42 Å². The first-order valence-corrected chi connectivity index (χ1v) is 5.46. The van der Waals surface area contributed by atoms with E-state index >= 15 is 0 Å². The number of hydrogen-bond acceptors (Lipinski definition) is 4. The molecule has 1 aliphatic heterocycles. The van der Waals surface area contributed by atoms with Gasteiger partial charge in [0.1, 0.15) is 0 Å². The summed E-state index contributed by atoms with van der Waals surface area (Å²) in [6.45, 7) is 5.07. The third kappa shape index (κ3) is 2.40. The highest BCUT2D eigenvalue weighted by molar-refractivity contribution is 5.12. The third-order valence-electron chi connectivity index (χ3n) is 3.13. The Morgan fingerprint density at radius 2 is 2.13 bits per heavy atom. The molecule has 0 bridgehead atoms. The zero-order chi connectivity index (χ0) is 10.7. The first-order valence-electron chi connectivity index (χ1n) is 5.46. The Morgan fingerprint density at radius 3 is 2.67 bits per heavy atom. The van der Waals surface area contributed by atoms with E-state index in [4.69, 9.17) is 10.2 Å². The second-order valence-electron chi connectivity index (χ2n) is 4.15. The van der Waals surface area contributed by atoms with Gasteiger partial charge >= 0.3 is 0 Å². The van der Waals surface area contributed by atoms with Crippen molar-refractivity contribution in [3.05, 3.63) is 24.2 Å². The molecule has 0 aliphatic carbocycles. The van der Waals surface area contributed by atoms with Crippen molar-refractivity contribution in [2.75, 3.05) is 39.8 Å². The van der Waals surface area contributed by atoms with E-state index in [-0.39, 0.29) is 0 Å². The monoisotopic (exact) mass is 209 g/mol. The Bertz CT molecular complexity index is 278. The zero-order valence-electron chi connectivity index (χ0n) is 9.22. The second-order valence-corrected chi connectivity index (χ2v) is 4.15. The molecule has 1 unspecified atom stereocenters. The van der Waals surface area contributed by atoms with E-state index in [0.717, 1.165) is 26.2 Å².